The zero-order valence-corrected chi connectivity index (χ0v) is 13.8. The Morgan fingerprint density at radius 3 is 2.64 bits per heavy atom. The summed E-state index contributed by atoms with van der Waals surface area (Å²) in [4.78, 5) is 7.71. The molecule has 1 heterocycles. The first kappa shape index (κ1) is 18.9. The molecule has 5 nitrogen and oxygen atoms in total. The van der Waals surface area contributed by atoms with Crippen molar-refractivity contribution in [3.63, 3.8) is 0 Å². The van der Waals surface area contributed by atoms with Crippen molar-refractivity contribution in [1.29, 1.82) is 0 Å². The second-order valence-electron chi connectivity index (χ2n) is 4.97. The van der Waals surface area contributed by atoms with Crippen molar-refractivity contribution in [2.45, 2.75) is 12.6 Å². The number of hydrogen-bond acceptors (Lipinski definition) is 3. The van der Waals surface area contributed by atoms with Gasteiger partial charge in [-0.1, -0.05) is 29.8 Å². The number of pyridine rings is 1. The predicted octanol–water partition coefficient (Wildman–Crippen LogP) is 3.95. The minimum Gasteiger partial charge on any atom is -0.477 e. The number of nitrogens with one attached hydrogen (secondary N) is 1. The molecule has 2 rings (SSSR count). The summed E-state index contributed by atoms with van der Waals surface area (Å²) in [6.07, 6.45) is -3.31. The standard InChI is InChI=1S/C16H16ClF3N4O/c17-13-9-11(16(18,19)20)10-23-14(13)25-8-4-7-22-15(21)24-12-5-2-1-3-6-12/h1-3,5-6,9-10H,4,7-8H2,(H3,21,22,24). The van der Waals surface area contributed by atoms with E-state index in [9.17, 15) is 13.2 Å². The second-order valence-corrected chi connectivity index (χ2v) is 5.38. The summed E-state index contributed by atoms with van der Waals surface area (Å²) in [5, 5.41) is 2.74. The Kier molecular flexibility index (Phi) is 6.46. The largest absolute Gasteiger partial charge is 0.477 e. The van der Waals surface area contributed by atoms with Crippen LogP contribution in [0.15, 0.2) is 47.6 Å². The van der Waals surface area contributed by atoms with E-state index in [0.29, 0.717) is 19.2 Å². The van der Waals surface area contributed by atoms with Crippen molar-refractivity contribution in [1.82, 2.24) is 4.98 Å². The highest BCUT2D eigenvalue weighted by atomic mass is 35.5. The van der Waals surface area contributed by atoms with E-state index >= 15 is 0 Å². The fourth-order valence-electron chi connectivity index (χ4n) is 1.83. The molecule has 25 heavy (non-hydrogen) atoms. The SMILES string of the molecule is NC(=NCCCOc1ncc(C(F)(F)F)cc1Cl)Nc1ccccc1. The summed E-state index contributed by atoms with van der Waals surface area (Å²) in [6, 6.07) is 10.1. The average molecular weight is 373 g/mol. The first-order valence-electron chi connectivity index (χ1n) is 7.34. The zero-order valence-electron chi connectivity index (χ0n) is 13.1. The quantitative estimate of drug-likeness (QED) is 0.457. The van der Waals surface area contributed by atoms with Crippen LogP contribution < -0.4 is 15.8 Å². The van der Waals surface area contributed by atoms with Crippen molar-refractivity contribution in [3.8, 4) is 5.88 Å². The molecule has 1 aromatic heterocycles. The lowest BCUT2D eigenvalue weighted by Gasteiger charge is -2.10. The number of alkyl halides is 3. The number of aromatic nitrogens is 1. The van der Waals surface area contributed by atoms with Crippen LogP contribution in [-0.4, -0.2) is 24.1 Å². The predicted molar refractivity (Wildman–Crippen MR) is 90.9 cm³/mol. The highest BCUT2D eigenvalue weighted by Gasteiger charge is 2.31. The summed E-state index contributed by atoms with van der Waals surface area (Å²) >= 11 is 5.74. The van der Waals surface area contributed by atoms with Crippen molar-refractivity contribution < 1.29 is 17.9 Å². The van der Waals surface area contributed by atoms with Gasteiger partial charge in [0.15, 0.2) is 5.96 Å². The molecule has 0 aliphatic rings. The summed E-state index contributed by atoms with van der Waals surface area (Å²) in [5.41, 5.74) is 5.64. The van der Waals surface area contributed by atoms with Crippen LogP contribution in [0, 0.1) is 0 Å². The summed E-state index contributed by atoms with van der Waals surface area (Å²) in [5.74, 6) is 0.214. The number of hydrogen-bond donors (Lipinski definition) is 2. The Hall–Kier alpha value is -2.48. The maximum atomic E-state index is 12.5. The van der Waals surface area contributed by atoms with Crippen LogP contribution in [0.25, 0.3) is 0 Å². The van der Waals surface area contributed by atoms with Gasteiger partial charge in [-0.3, -0.25) is 4.99 Å². The van der Waals surface area contributed by atoms with E-state index in [2.05, 4.69) is 15.3 Å². The molecule has 0 radical (unpaired) electrons. The maximum absolute atomic E-state index is 12.5. The minimum absolute atomic E-state index is 0.0472. The molecule has 0 fully saturated rings. The third-order valence-corrected chi connectivity index (χ3v) is 3.28. The van der Waals surface area contributed by atoms with Crippen LogP contribution in [0.5, 0.6) is 5.88 Å². The Balaban J connectivity index is 1.77. The fraction of sp³-hybridized carbons (Fsp3) is 0.250. The molecule has 2 aromatic rings. The maximum Gasteiger partial charge on any atom is 0.417 e. The van der Waals surface area contributed by atoms with Crippen LogP contribution in [0.4, 0.5) is 18.9 Å². The van der Waals surface area contributed by atoms with Crippen LogP contribution in [0.2, 0.25) is 5.02 Å². The molecular formula is C16H16ClF3N4O. The molecule has 1 aromatic carbocycles. The molecule has 0 atom stereocenters. The number of halogens is 4. The van der Waals surface area contributed by atoms with E-state index in [1.165, 1.54) is 0 Å². The van der Waals surface area contributed by atoms with Gasteiger partial charge in [0.1, 0.15) is 5.02 Å². The van der Waals surface area contributed by atoms with Gasteiger partial charge in [0.2, 0.25) is 5.88 Å². The van der Waals surface area contributed by atoms with Crippen LogP contribution in [0.1, 0.15) is 12.0 Å². The molecular weight excluding hydrogens is 357 g/mol. The van der Waals surface area contributed by atoms with E-state index in [-0.39, 0.29) is 23.5 Å². The molecule has 0 aliphatic carbocycles. The Morgan fingerprint density at radius 2 is 2.00 bits per heavy atom. The third kappa shape index (κ3) is 6.15. The molecule has 0 saturated heterocycles. The van der Waals surface area contributed by atoms with Gasteiger partial charge in [0.25, 0.3) is 0 Å². The topological polar surface area (TPSA) is 72.5 Å². The van der Waals surface area contributed by atoms with E-state index < -0.39 is 11.7 Å². The van der Waals surface area contributed by atoms with Crippen molar-refractivity contribution in [2.24, 2.45) is 10.7 Å². The number of ether oxygens (including phenoxy) is 1. The zero-order chi connectivity index (χ0) is 18.3. The number of guanidine groups is 1. The van der Waals surface area contributed by atoms with E-state index in [1.54, 1.807) is 0 Å². The van der Waals surface area contributed by atoms with Crippen molar-refractivity contribution >= 4 is 23.2 Å². The molecule has 3 N–H and O–H groups in total. The lowest BCUT2D eigenvalue weighted by molar-refractivity contribution is -0.137. The highest BCUT2D eigenvalue weighted by Crippen LogP contribution is 2.33. The summed E-state index contributed by atoms with van der Waals surface area (Å²) in [6.45, 7) is 0.574. The van der Waals surface area contributed by atoms with Gasteiger partial charge in [-0.2, -0.15) is 13.2 Å². The van der Waals surface area contributed by atoms with E-state index in [4.69, 9.17) is 22.1 Å². The molecule has 0 bridgehead atoms. The number of nitrogens with zero attached hydrogens (tertiary/aromatic N) is 2. The lowest BCUT2D eigenvalue weighted by Crippen LogP contribution is -2.23. The number of rotatable bonds is 6. The summed E-state index contributed by atoms with van der Waals surface area (Å²) < 4.78 is 42.8. The van der Waals surface area contributed by atoms with Gasteiger partial charge < -0.3 is 15.8 Å². The smallest absolute Gasteiger partial charge is 0.417 e. The second kappa shape index (κ2) is 8.57. The van der Waals surface area contributed by atoms with Gasteiger partial charge in [0, 0.05) is 24.8 Å². The molecule has 0 unspecified atom stereocenters. The molecule has 134 valence electrons. The number of para-hydroxylation sites is 1. The first-order chi connectivity index (χ1) is 11.9. The van der Waals surface area contributed by atoms with Crippen molar-refractivity contribution in [3.05, 3.63) is 53.2 Å². The number of aliphatic imine (C=N–C) groups is 1. The monoisotopic (exact) mass is 372 g/mol. The Labute approximate surface area is 147 Å². The minimum atomic E-state index is -4.49. The van der Waals surface area contributed by atoms with Gasteiger partial charge in [-0.25, -0.2) is 4.98 Å². The van der Waals surface area contributed by atoms with Crippen LogP contribution >= 0.6 is 11.6 Å². The third-order valence-electron chi connectivity index (χ3n) is 3.00. The molecule has 0 saturated carbocycles. The molecule has 0 spiro atoms. The average Bonchev–Trinajstić information content (AvgIpc) is 2.55. The van der Waals surface area contributed by atoms with E-state index in [0.717, 1.165) is 11.8 Å². The van der Waals surface area contributed by atoms with Crippen LogP contribution in [0.3, 0.4) is 0 Å². The Bertz CT molecular complexity index is 723. The van der Waals surface area contributed by atoms with E-state index in [1.807, 2.05) is 30.3 Å². The fourth-order valence-corrected chi connectivity index (χ4v) is 2.05. The number of benzene rings is 1. The normalized spacial score (nSPS) is 12.1. The lowest BCUT2D eigenvalue weighted by atomic mass is 10.3. The molecule has 0 amide bonds. The van der Waals surface area contributed by atoms with Gasteiger partial charge >= 0.3 is 6.18 Å². The van der Waals surface area contributed by atoms with Gasteiger partial charge in [-0.15, -0.1) is 0 Å². The highest BCUT2D eigenvalue weighted by molar-refractivity contribution is 6.31. The number of nitrogens with two attached hydrogens (primary N) is 1. The first-order valence-corrected chi connectivity index (χ1v) is 7.71. The summed E-state index contributed by atoms with van der Waals surface area (Å²) in [7, 11) is 0. The van der Waals surface area contributed by atoms with Gasteiger partial charge in [-0.05, 0) is 18.2 Å². The molecule has 9 heteroatoms. The number of anilines is 1. The Morgan fingerprint density at radius 1 is 1.28 bits per heavy atom. The molecule has 0 aliphatic heterocycles. The van der Waals surface area contributed by atoms with Crippen molar-refractivity contribution in [2.75, 3.05) is 18.5 Å². The van der Waals surface area contributed by atoms with Crippen LogP contribution in [-0.2, 0) is 6.18 Å². The van der Waals surface area contributed by atoms with Gasteiger partial charge in [0.05, 0.1) is 12.2 Å².